The number of nitrogens with zero attached hydrogens (tertiary/aromatic N) is 1. The number of ether oxygens (including phenoxy) is 1. The van der Waals surface area contributed by atoms with Crippen LogP contribution < -0.4 is 13.9 Å². The van der Waals surface area contributed by atoms with Gasteiger partial charge in [0.05, 0.1) is 37.3 Å². The Morgan fingerprint density at radius 2 is 1.70 bits per heavy atom. The zero-order valence-corrected chi connectivity index (χ0v) is 16.4. The van der Waals surface area contributed by atoms with Crippen LogP contribution in [0.2, 0.25) is 0 Å². The topological polar surface area (TPSA) is 71.3 Å². The molecule has 6 nitrogen and oxygen atoms in total. The predicted molar refractivity (Wildman–Crippen MR) is 105 cm³/mol. The lowest BCUT2D eigenvalue weighted by molar-refractivity contribution is -0.890. The van der Waals surface area contributed by atoms with Crippen molar-refractivity contribution in [2.45, 2.75) is 23.8 Å². The molecule has 0 aliphatic carbocycles. The van der Waals surface area contributed by atoms with Crippen molar-refractivity contribution >= 4 is 15.7 Å². The summed E-state index contributed by atoms with van der Waals surface area (Å²) in [7, 11) is -2.32. The molecular weight excluding hydrogens is 364 g/mol. The molecule has 7 heteroatoms. The number of quaternary nitrogens is 1. The number of benzene rings is 2. The molecule has 146 valence electrons. The minimum atomic E-state index is -3.83. The van der Waals surface area contributed by atoms with Crippen molar-refractivity contribution < 1.29 is 23.2 Å². The summed E-state index contributed by atoms with van der Waals surface area (Å²) >= 11 is 0. The zero-order valence-electron chi connectivity index (χ0n) is 15.5. The minimum Gasteiger partial charge on any atom is -0.495 e. The fourth-order valence-electron chi connectivity index (χ4n) is 3.55. The Bertz CT molecular complexity index is 836. The average molecular weight is 392 g/mol. The Morgan fingerprint density at radius 3 is 2.37 bits per heavy atom. The molecule has 1 saturated heterocycles. The minimum absolute atomic E-state index is 0.0128. The van der Waals surface area contributed by atoms with Crippen molar-refractivity contribution in [2.24, 2.45) is 0 Å². The number of hydrogen-bond acceptors (Lipinski definition) is 4. The van der Waals surface area contributed by atoms with Gasteiger partial charge in [0, 0.05) is 12.8 Å². The van der Waals surface area contributed by atoms with E-state index < -0.39 is 16.1 Å². The number of sulfonamides is 1. The van der Waals surface area contributed by atoms with Crippen LogP contribution >= 0.6 is 0 Å². The van der Waals surface area contributed by atoms with Crippen LogP contribution in [0.1, 0.15) is 12.8 Å². The fourth-order valence-corrected chi connectivity index (χ4v) is 5.08. The SMILES string of the molecule is COc1ccccc1N(C[C@H](O)C[NH+]1CCCC1)S(=O)(=O)c1ccccc1. The third kappa shape index (κ3) is 4.61. The molecule has 0 bridgehead atoms. The Morgan fingerprint density at radius 1 is 1.07 bits per heavy atom. The van der Waals surface area contributed by atoms with Gasteiger partial charge in [0.2, 0.25) is 0 Å². The lowest BCUT2D eigenvalue weighted by Gasteiger charge is -2.28. The highest BCUT2D eigenvalue weighted by Crippen LogP contribution is 2.32. The first-order chi connectivity index (χ1) is 13.0. The smallest absolute Gasteiger partial charge is 0.264 e. The summed E-state index contributed by atoms with van der Waals surface area (Å²) < 4.78 is 33.3. The van der Waals surface area contributed by atoms with Crippen LogP contribution in [0.15, 0.2) is 59.5 Å². The first kappa shape index (κ1) is 19.7. The van der Waals surface area contributed by atoms with Crippen LogP contribution in [-0.4, -0.2) is 52.9 Å². The van der Waals surface area contributed by atoms with E-state index in [2.05, 4.69) is 0 Å². The first-order valence-electron chi connectivity index (χ1n) is 9.25. The van der Waals surface area contributed by atoms with Crippen LogP contribution in [0.3, 0.4) is 0 Å². The molecule has 0 saturated carbocycles. The molecule has 2 aromatic carbocycles. The lowest BCUT2D eigenvalue weighted by Crippen LogP contribution is -3.11. The fraction of sp³-hybridized carbons (Fsp3) is 0.400. The molecule has 0 amide bonds. The number of aliphatic hydroxyl groups excluding tert-OH is 1. The van der Waals surface area contributed by atoms with Gasteiger partial charge in [-0.05, 0) is 24.3 Å². The van der Waals surface area contributed by atoms with E-state index in [1.165, 1.54) is 16.3 Å². The van der Waals surface area contributed by atoms with Crippen LogP contribution in [0.25, 0.3) is 0 Å². The van der Waals surface area contributed by atoms with Crippen molar-refractivity contribution in [3.63, 3.8) is 0 Å². The van der Waals surface area contributed by atoms with Gasteiger partial charge < -0.3 is 14.7 Å². The molecular formula is C20H27N2O4S+. The maximum absolute atomic E-state index is 13.3. The highest BCUT2D eigenvalue weighted by atomic mass is 32.2. The number of rotatable bonds is 8. The number of nitrogens with one attached hydrogen (secondary N) is 1. The second kappa shape index (κ2) is 8.73. The summed E-state index contributed by atoms with van der Waals surface area (Å²) in [6.45, 7) is 2.57. The third-order valence-corrected chi connectivity index (χ3v) is 6.69. The lowest BCUT2D eigenvalue weighted by atomic mass is 10.2. The molecule has 27 heavy (non-hydrogen) atoms. The van der Waals surface area contributed by atoms with Crippen molar-refractivity contribution in [1.82, 2.24) is 0 Å². The maximum atomic E-state index is 13.3. The largest absolute Gasteiger partial charge is 0.495 e. The molecule has 1 aliphatic rings. The van der Waals surface area contributed by atoms with Gasteiger partial charge in [0.15, 0.2) is 0 Å². The van der Waals surface area contributed by atoms with Crippen LogP contribution in [0.5, 0.6) is 5.75 Å². The Kier molecular flexibility index (Phi) is 6.36. The molecule has 0 aromatic heterocycles. The van der Waals surface area contributed by atoms with E-state index >= 15 is 0 Å². The predicted octanol–water partition coefficient (Wildman–Crippen LogP) is 0.930. The van der Waals surface area contributed by atoms with E-state index in [0.717, 1.165) is 25.9 Å². The molecule has 1 fully saturated rings. The van der Waals surface area contributed by atoms with E-state index in [9.17, 15) is 13.5 Å². The number of aliphatic hydroxyl groups is 1. The normalized spacial score (nSPS) is 16.2. The summed E-state index contributed by atoms with van der Waals surface area (Å²) in [5.74, 6) is 0.456. The molecule has 2 N–H and O–H groups in total. The van der Waals surface area contributed by atoms with Gasteiger partial charge in [-0.2, -0.15) is 0 Å². The van der Waals surface area contributed by atoms with E-state index in [0.29, 0.717) is 18.0 Å². The number of methoxy groups -OCH3 is 1. The van der Waals surface area contributed by atoms with E-state index in [1.54, 1.807) is 54.6 Å². The van der Waals surface area contributed by atoms with Gasteiger partial charge in [-0.15, -0.1) is 0 Å². The highest BCUT2D eigenvalue weighted by Gasteiger charge is 2.30. The van der Waals surface area contributed by atoms with Crippen molar-refractivity contribution in [1.29, 1.82) is 0 Å². The molecule has 1 aliphatic heterocycles. The summed E-state index contributed by atoms with van der Waals surface area (Å²) in [6, 6.07) is 15.3. The molecule has 2 aromatic rings. The number of likely N-dealkylation sites (tertiary alicyclic amines) is 1. The van der Waals surface area contributed by atoms with Crippen molar-refractivity contribution in [2.75, 3.05) is 37.6 Å². The summed E-state index contributed by atoms with van der Waals surface area (Å²) in [5, 5.41) is 10.6. The van der Waals surface area contributed by atoms with Gasteiger partial charge in [-0.25, -0.2) is 8.42 Å². The standard InChI is InChI=1S/C20H26N2O4S/c1-26-20-12-6-5-11-19(20)22(16-17(23)15-21-13-7-8-14-21)27(24,25)18-9-3-2-4-10-18/h2-6,9-12,17,23H,7-8,13-16H2,1H3/p+1/t17-/m1/s1. The zero-order chi connectivity index (χ0) is 19.3. The summed E-state index contributed by atoms with van der Waals surface area (Å²) in [5.41, 5.74) is 0.430. The second-order valence-corrected chi connectivity index (χ2v) is 8.70. The van der Waals surface area contributed by atoms with Crippen molar-refractivity contribution in [3.05, 3.63) is 54.6 Å². The quantitative estimate of drug-likeness (QED) is 0.702. The number of anilines is 1. The van der Waals surface area contributed by atoms with Gasteiger partial charge in [0.1, 0.15) is 18.4 Å². The molecule has 1 atom stereocenters. The van der Waals surface area contributed by atoms with E-state index in [1.807, 2.05) is 0 Å². The Hall–Kier alpha value is -2.09. The van der Waals surface area contributed by atoms with Crippen LogP contribution in [-0.2, 0) is 10.0 Å². The third-order valence-electron chi connectivity index (χ3n) is 4.90. The molecule has 1 heterocycles. The van der Waals surface area contributed by atoms with Gasteiger partial charge in [-0.1, -0.05) is 30.3 Å². The maximum Gasteiger partial charge on any atom is 0.264 e. The van der Waals surface area contributed by atoms with E-state index in [4.69, 9.17) is 4.74 Å². The number of hydrogen-bond donors (Lipinski definition) is 2. The molecule has 0 radical (unpaired) electrons. The van der Waals surface area contributed by atoms with Gasteiger partial charge in [-0.3, -0.25) is 4.31 Å². The summed E-state index contributed by atoms with van der Waals surface area (Å²) in [6.07, 6.45) is 1.54. The van der Waals surface area contributed by atoms with Crippen molar-refractivity contribution in [3.8, 4) is 5.75 Å². The number of para-hydroxylation sites is 2. The molecule has 0 spiro atoms. The van der Waals surface area contributed by atoms with Gasteiger partial charge in [0.25, 0.3) is 10.0 Å². The second-order valence-electron chi connectivity index (χ2n) is 6.84. The van der Waals surface area contributed by atoms with Crippen LogP contribution in [0.4, 0.5) is 5.69 Å². The first-order valence-corrected chi connectivity index (χ1v) is 10.7. The molecule has 0 unspecified atom stereocenters. The average Bonchev–Trinajstić information content (AvgIpc) is 3.19. The summed E-state index contributed by atoms with van der Waals surface area (Å²) in [4.78, 5) is 1.51. The Labute approximate surface area is 161 Å². The van der Waals surface area contributed by atoms with E-state index in [-0.39, 0.29) is 11.4 Å². The van der Waals surface area contributed by atoms with Crippen LogP contribution in [0, 0.1) is 0 Å². The van der Waals surface area contributed by atoms with Gasteiger partial charge >= 0.3 is 0 Å². The highest BCUT2D eigenvalue weighted by molar-refractivity contribution is 7.92. The Balaban J connectivity index is 1.93. The monoisotopic (exact) mass is 391 g/mol. The molecule has 3 rings (SSSR count).